The van der Waals surface area contributed by atoms with E-state index in [2.05, 4.69) is 25.7 Å². The zero-order valence-electron chi connectivity index (χ0n) is 11.4. The zero-order valence-corrected chi connectivity index (χ0v) is 11.4. The molecule has 1 unspecified atom stereocenters. The van der Waals surface area contributed by atoms with Crippen molar-refractivity contribution in [2.75, 3.05) is 47.2 Å². The SMILES string of the molecule is CCN(C(C)C)C(COC)COCCOC. The van der Waals surface area contributed by atoms with Crippen LogP contribution in [0.1, 0.15) is 20.8 Å². The van der Waals surface area contributed by atoms with Gasteiger partial charge in [0.1, 0.15) is 0 Å². The lowest BCUT2D eigenvalue weighted by Gasteiger charge is -2.33. The zero-order chi connectivity index (χ0) is 12.4. The topological polar surface area (TPSA) is 30.9 Å². The second-order valence-corrected chi connectivity index (χ2v) is 4.10. The molecule has 0 radical (unpaired) electrons. The van der Waals surface area contributed by atoms with Crippen LogP contribution in [0.2, 0.25) is 0 Å². The van der Waals surface area contributed by atoms with Crippen LogP contribution in [0.4, 0.5) is 0 Å². The summed E-state index contributed by atoms with van der Waals surface area (Å²) in [6.45, 7) is 10.3. The van der Waals surface area contributed by atoms with E-state index in [4.69, 9.17) is 14.2 Å². The van der Waals surface area contributed by atoms with E-state index in [1.807, 2.05) is 0 Å². The molecule has 4 nitrogen and oxygen atoms in total. The molecule has 0 fully saturated rings. The van der Waals surface area contributed by atoms with E-state index in [1.165, 1.54) is 0 Å². The largest absolute Gasteiger partial charge is 0.383 e. The lowest BCUT2D eigenvalue weighted by atomic mass is 10.2. The first-order chi connectivity index (χ1) is 7.67. The summed E-state index contributed by atoms with van der Waals surface area (Å²) < 4.78 is 15.8. The van der Waals surface area contributed by atoms with Crippen molar-refractivity contribution in [3.05, 3.63) is 0 Å². The van der Waals surface area contributed by atoms with Crippen molar-refractivity contribution in [2.24, 2.45) is 0 Å². The molecule has 0 spiro atoms. The highest BCUT2D eigenvalue weighted by Gasteiger charge is 2.19. The van der Waals surface area contributed by atoms with E-state index < -0.39 is 0 Å². The molecule has 0 bridgehead atoms. The monoisotopic (exact) mass is 233 g/mol. The summed E-state index contributed by atoms with van der Waals surface area (Å²) in [5, 5.41) is 0. The van der Waals surface area contributed by atoms with Gasteiger partial charge in [0, 0.05) is 20.3 Å². The van der Waals surface area contributed by atoms with Gasteiger partial charge in [-0.1, -0.05) is 6.92 Å². The molecule has 0 amide bonds. The number of ether oxygens (including phenoxy) is 3. The highest BCUT2D eigenvalue weighted by molar-refractivity contribution is 4.73. The molecule has 0 aliphatic carbocycles. The number of hydrogen-bond donors (Lipinski definition) is 0. The first-order valence-electron chi connectivity index (χ1n) is 5.98. The molecule has 0 heterocycles. The van der Waals surface area contributed by atoms with E-state index in [9.17, 15) is 0 Å². The maximum atomic E-state index is 5.58. The Kier molecular flexibility index (Phi) is 9.92. The fraction of sp³-hybridized carbons (Fsp3) is 1.00. The first kappa shape index (κ1) is 15.8. The van der Waals surface area contributed by atoms with E-state index in [0.717, 1.165) is 6.54 Å². The van der Waals surface area contributed by atoms with Gasteiger partial charge in [0.25, 0.3) is 0 Å². The van der Waals surface area contributed by atoms with Crippen molar-refractivity contribution in [3.8, 4) is 0 Å². The van der Waals surface area contributed by atoms with E-state index in [-0.39, 0.29) is 0 Å². The van der Waals surface area contributed by atoms with Gasteiger partial charge < -0.3 is 14.2 Å². The maximum Gasteiger partial charge on any atom is 0.0701 e. The van der Waals surface area contributed by atoms with Crippen molar-refractivity contribution in [2.45, 2.75) is 32.9 Å². The van der Waals surface area contributed by atoms with Gasteiger partial charge in [-0.15, -0.1) is 0 Å². The molecular formula is C12H27NO3. The van der Waals surface area contributed by atoms with Gasteiger partial charge in [-0.2, -0.15) is 0 Å². The summed E-state index contributed by atoms with van der Waals surface area (Å²) in [5.41, 5.74) is 0. The van der Waals surface area contributed by atoms with Crippen LogP contribution in [0.15, 0.2) is 0 Å². The van der Waals surface area contributed by atoms with Crippen molar-refractivity contribution in [3.63, 3.8) is 0 Å². The van der Waals surface area contributed by atoms with Gasteiger partial charge in [0.15, 0.2) is 0 Å². The Morgan fingerprint density at radius 1 is 1.00 bits per heavy atom. The Morgan fingerprint density at radius 3 is 2.12 bits per heavy atom. The molecule has 0 rings (SSSR count). The lowest BCUT2D eigenvalue weighted by molar-refractivity contribution is -0.00541. The minimum Gasteiger partial charge on any atom is -0.383 e. The first-order valence-corrected chi connectivity index (χ1v) is 5.98. The molecule has 1 atom stereocenters. The van der Waals surface area contributed by atoms with Gasteiger partial charge in [-0.05, 0) is 20.4 Å². The van der Waals surface area contributed by atoms with E-state index in [1.54, 1.807) is 14.2 Å². The number of likely N-dealkylation sites (N-methyl/N-ethyl adjacent to an activating group) is 1. The standard InChI is InChI=1S/C12H27NO3/c1-6-13(11(2)3)12(9-15-5)10-16-8-7-14-4/h11-12H,6-10H2,1-5H3. The molecule has 0 aliphatic heterocycles. The van der Waals surface area contributed by atoms with Crippen molar-refractivity contribution in [1.29, 1.82) is 0 Å². The second kappa shape index (κ2) is 10.0. The van der Waals surface area contributed by atoms with Crippen molar-refractivity contribution >= 4 is 0 Å². The minimum atomic E-state index is 0.326. The Balaban J connectivity index is 4.02. The van der Waals surface area contributed by atoms with Crippen LogP contribution in [0, 0.1) is 0 Å². The van der Waals surface area contributed by atoms with Crippen molar-refractivity contribution < 1.29 is 14.2 Å². The number of methoxy groups -OCH3 is 2. The third-order valence-corrected chi connectivity index (χ3v) is 2.60. The molecule has 4 heteroatoms. The van der Waals surface area contributed by atoms with Crippen LogP contribution >= 0.6 is 0 Å². The molecule has 16 heavy (non-hydrogen) atoms. The molecule has 98 valence electrons. The summed E-state index contributed by atoms with van der Waals surface area (Å²) in [7, 11) is 3.42. The maximum absolute atomic E-state index is 5.58. The predicted octanol–water partition coefficient (Wildman–Crippen LogP) is 1.39. The Morgan fingerprint density at radius 2 is 1.69 bits per heavy atom. The summed E-state index contributed by atoms with van der Waals surface area (Å²) in [4.78, 5) is 2.39. The number of rotatable bonds is 10. The van der Waals surface area contributed by atoms with Crippen LogP contribution in [0.3, 0.4) is 0 Å². The molecular weight excluding hydrogens is 206 g/mol. The Bertz CT molecular complexity index is 153. The summed E-state index contributed by atoms with van der Waals surface area (Å²) in [6, 6.07) is 0.836. The summed E-state index contributed by atoms with van der Waals surface area (Å²) in [5.74, 6) is 0. The summed E-state index contributed by atoms with van der Waals surface area (Å²) in [6.07, 6.45) is 0. The Labute approximate surface area is 99.9 Å². The van der Waals surface area contributed by atoms with Crippen LogP contribution < -0.4 is 0 Å². The van der Waals surface area contributed by atoms with Gasteiger partial charge in [0.05, 0.1) is 32.5 Å². The minimum absolute atomic E-state index is 0.326. The molecule has 0 aromatic heterocycles. The average molecular weight is 233 g/mol. The predicted molar refractivity (Wildman–Crippen MR) is 65.9 cm³/mol. The highest BCUT2D eigenvalue weighted by Crippen LogP contribution is 2.06. The quantitative estimate of drug-likeness (QED) is 0.534. The molecule has 0 aromatic carbocycles. The van der Waals surface area contributed by atoms with Crippen LogP contribution in [0.25, 0.3) is 0 Å². The number of nitrogens with zero attached hydrogens (tertiary/aromatic N) is 1. The Hall–Kier alpha value is -0.160. The fourth-order valence-corrected chi connectivity index (χ4v) is 1.84. The van der Waals surface area contributed by atoms with Gasteiger partial charge in [0.2, 0.25) is 0 Å². The molecule has 0 saturated carbocycles. The van der Waals surface area contributed by atoms with Gasteiger partial charge in [-0.25, -0.2) is 0 Å². The fourth-order valence-electron chi connectivity index (χ4n) is 1.84. The normalized spacial score (nSPS) is 13.7. The van der Waals surface area contributed by atoms with Crippen LogP contribution in [-0.4, -0.2) is 64.2 Å². The average Bonchev–Trinajstić information content (AvgIpc) is 2.24. The molecule has 0 saturated heterocycles. The van der Waals surface area contributed by atoms with Crippen LogP contribution in [0.5, 0.6) is 0 Å². The van der Waals surface area contributed by atoms with Crippen molar-refractivity contribution in [1.82, 2.24) is 4.90 Å². The van der Waals surface area contributed by atoms with Gasteiger partial charge in [-0.3, -0.25) is 4.90 Å². The molecule has 0 aromatic rings. The third kappa shape index (κ3) is 6.43. The van der Waals surface area contributed by atoms with Gasteiger partial charge >= 0.3 is 0 Å². The number of hydrogen-bond acceptors (Lipinski definition) is 4. The molecule has 0 N–H and O–H groups in total. The summed E-state index contributed by atoms with van der Waals surface area (Å²) >= 11 is 0. The highest BCUT2D eigenvalue weighted by atomic mass is 16.5. The van der Waals surface area contributed by atoms with Crippen LogP contribution in [-0.2, 0) is 14.2 Å². The van der Waals surface area contributed by atoms with E-state index >= 15 is 0 Å². The second-order valence-electron chi connectivity index (χ2n) is 4.10. The third-order valence-electron chi connectivity index (χ3n) is 2.60. The van der Waals surface area contributed by atoms with E-state index in [0.29, 0.717) is 38.5 Å². The lowest BCUT2D eigenvalue weighted by Crippen LogP contribution is -2.45. The molecule has 0 aliphatic rings. The smallest absolute Gasteiger partial charge is 0.0701 e.